The van der Waals surface area contributed by atoms with Crippen LogP contribution in [0.3, 0.4) is 0 Å². The van der Waals surface area contributed by atoms with Crippen molar-refractivity contribution < 1.29 is 19.4 Å². The summed E-state index contributed by atoms with van der Waals surface area (Å²) in [5.41, 5.74) is 0. The highest BCUT2D eigenvalue weighted by Crippen LogP contribution is 2.18. The molecule has 0 fully saturated rings. The molecule has 0 saturated carbocycles. The fourth-order valence-electron chi connectivity index (χ4n) is 1.25. The summed E-state index contributed by atoms with van der Waals surface area (Å²) in [7, 11) is 0. The molecule has 18 heavy (non-hydrogen) atoms. The monoisotopic (exact) mass is 282 g/mol. The van der Waals surface area contributed by atoms with Crippen molar-refractivity contribution in [1.29, 1.82) is 0 Å². The molecule has 0 spiro atoms. The SMILES string of the molecule is Cc1ccc(C(=O)OOC(=O)c2ccc(C)s2)s1. The third kappa shape index (κ3) is 2.96. The van der Waals surface area contributed by atoms with Crippen LogP contribution in [0.4, 0.5) is 0 Å². The molecule has 2 aromatic rings. The molecular formula is C12H10O4S2. The highest BCUT2D eigenvalue weighted by atomic mass is 32.1. The highest BCUT2D eigenvalue weighted by Gasteiger charge is 2.16. The summed E-state index contributed by atoms with van der Waals surface area (Å²) in [6.07, 6.45) is 0. The van der Waals surface area contributed by atoms with Crippen molar-refractivity contribution in [3.05, 3.63) is 43.8 Å². The third-order valence-electron chi connectivity index (χ3n) is 2.08. The summed E-state index contributed by atoms with van der Waals surface area (Å²) >= 11 is 2.57. The summed E-state index contributed by atoms with van der Waals surface area (Å²) in [5.74, 6) is -1.32. The van der Waals surface area contributed by atoms with E-state index in [-0.39, 0.29) is 0 Å². The van der Waals surface area contributed by atoms with Gasteiger partial charge in [0.1, 0.15) is 9.75 Å². The number of carbonyl (C=O) groups is 2. The Bertz CT molecular complexity index is 530. The van der Waals surface area contributed by atoms with Gasteiger partial charge < -0.3 is 0 Å². The predicted molar refractivity (Wildman–Crippen MR) is 68.9 cm³/mol. The summed E-state index contributed by atoms with van der Waals surface area (Å²) in [5, 5.41) is 0. The molecule has 2 heterocycles. The van der Waals surface area contributed by atoms with Crippen LogP contribution in [0.1, 0.15) is 29.1 Å². The van der Waals surface area contributed by atoms with Gasteiger partial charge in [0, 0.05) is 9.75 Å². The van der Waals surface area contributed by atoms with Crippen LogP contribution < -0.4 is 0 Å². The molecule has 0 radical (unpaired) electrons. The van der Waals surface area contributed by atoms with E-state index in [9.17, 15) is 9.59 Å². The Morgan fingerprint density at radius 1 is 0.833 bits per heavy atom. The zero-order valence-corrected chi connectivity index (χ0v) is 11.4. The summed E-state index contributed by atoms with van der Waals surface area (Å²) in [6, 6.07) is 6.86. The number of hydrogen-bond donors (Lipinski definition) is 0. The zero-order chi connectivity index (χ0) is 13.1. The van der Waals surface area contributed by atoms with Crippen molar-refractivity contribution >= 4 is 34.6 Å². The molecule has 0 atom stereocenters. The van der Waals surface area contributed by atoms with Crippen LogP contribution in [0.2, 0.25) is 0 Å². The van der Waals surface area contributed by atoms with E-state index in [0.717, 1.165) is 9.75 Å². The van der Waals surface area contributed by atoms with E-state index in [2.05, 4.69) is 9.78 Å². The van der Waals surface area contributed by atoms with Crippen LogP contribution in [0.15, 0.2) is 24.3 Å². The number of carbonyl (C=O) groups excluding carboxylic acids is 2. The van der Waals surface area contributed by atoms with Gasteiger partial charge in [-0.1, -0.05) is 0 Å². The molecule has 6 heteroatoms. The van der Waals surface area contributed by atoms with Gasteiger partial charge in [-0.3, -0.25) is 0 Å². The molecule has 0 aliphatic rings. The Kier molecular flexibility index (Phi) is 3.78. The number of thiophene rings is 2. The minimum atomic E-state index is -0.658. The lowest BCUT2D eigenvalue weighted by molar-refractivity contribution is -0.187. The predicted octanol–water partition coefficient (Wildman–Crippen LogP) is 3.36. The normalized spacial score (nSPS) is 10.1. The van der Waals surface area contributed by atoms with E-state index in [1.807, 2.05) is 13.8 Å². The van der Waals surface area contributed by atoms with Crippen molar-refractivity contribution in [3.8, 4) is 0 Å². The largest absolute Gasteiger partial charge is 0.396 e. The Morgan fingerprint density at radius 3 is 1.50 bits per heavy atom. The molecule has 2 aromatic heterocycles. The molecule has 0 aliphatic heterocycles. The minimum absolute atomic E-state index is 0.405. The van der Waals surface area contributed by atoms with E-state index in [1.165, 1.54) is 22.7 Å². The Labute approximate surface area is 112 Å². The first-order chi connectivity index (χ1) is 8.56. The molecule has 2 rings (SSSR count). The first-order valence-electron chi connectivity index (χ1n) is 5.12. The van der Waals surface area contributed by atoms with E-state index in [0.29, 0.717) is 9.75 Å². The van der Waals surface area contributed by atoms with Crippen molar-refractivity contribution in [3.63, 3.8) is 0 Å². The maximum Gasteiger partial charge on any atom is 0.396 e. The third-order valence-corrected chi connectivity index (χ3v) is 4.04. The van der Waals surface area contributed by atoms with Gasteiger partial charge in [0.2, 0.25) is 0 Å². The van der Waals surface area contributed by atoms with E-state index in [4.69, 9.17) is 0 Å². The van der Waals surface area contributed by atoms with Crippen LogP contribution in [-0.2, 0) is 9.78 Å². The van der Waals surface area contributed by atoms with Crippen LogP contribution in [0.25, 0.3) is 0 Å². The zero-order valence-electron chi connectivity index (χ0n) is 9.76. The molecule has 0 saturated heterocycles. The Hall–Kier alpha value is -1.66. The van der Waals surface area contributed by atoms with E-state index < -0.39 is 11.9 Å². The average molecular weight is 282 g/mol. The lowest BCUT2D eigenvalue weighted by Gasteiger charge is -1.99. The van der Waals surface area contributed by atoms with Gasteiger partial charge in [-0.05, 0) is 38.1 Å². The van der Waals surface area contributed by atoms with Gasteiger partial charge in [0.05, 0.1) is 0 Å². The topological polar surface area (TPSA) is 52.6 Å². The van der Waals surface area contributed by atoms with Crippen molar-refractivity contribution in [2.45, 2.75) is 13.8 Å². The first-order valence-corrected chi connectivity index (χ1v) is 6.75. The summed E-state index contributed by atoms with van der Waals surface area (Å²) < 4.78 is 0. The van der Waals surface area contributed by atoms with Crippen LogP contribution in [0.5, 0.6) is 0 Å². The second-order valence-electron chi connectivity index (χ2n) is 3.56. The fourth-order valence-corrected chi connectivity index (χ4v) is 2.72. The highest BCUT2D eigenvalue weighted by molar-refractivity contribution is 7.14. The second-order valence-corrected chi connectivity index (χ2v) is 6.14. The molecule has 0 amide bonds. The molecule has 0 N–H and O–H groups in total. The lowest BCUT2D eigenvalue weighted by Crippen LogP contribution is -2.09. The van der Waals surface area contributed by atoms with Crippen LogP contribution in [-0.4, -0.2) is 11.9 Å². The molecule has 4 nitrogen and oxygen atoms in total. The summed E-state index contributed by atoms with van der Waals surface area (Å²) in [6.45, 7) is 3.75. The van der Waals surface area contributed by atoms with Crippen molar-refractivity contribution in [2.24, 2.45) is 0 Å². The van der Waals surface area contributed by atoms with Gasteiger partial charge in [-0.25, -0.2) is 19.4 Å². The Balaban J connectivity index is 1.92. The van der Waals surface area contributed by atoms with Gasteiger partial charge in [-0.15, -0.1) is 22.7 Å². The summed E-state index contributed by atoms with van der Waals surface area (Å²) in [4.78, 5) is 34.8. The fraction of sp³-hybridized carbons (Fsp3) is 0.167. The molecule has 94 valence electrons. The van der Waals surface area contributed by atoms with Crippen LogP contribution in [0, 0.1) is 13.8 Å². The van der Waals surface area contributed by atoms with Gasteiger partial charge in [0.15, 0.2) is 0 Å². The molecule has 0 aromatic carbocycles. The van der Waals surface area contributed by atoms with Gasteiger partial charge in [-0.2, -0.15) is 0 Å². The number of hydrogen-bond acceptors (Lipinski definition) is 6. The van der Waals surface area contributed by atoms with Crippen molar-refractivity contribution in [1.82, 2.24) is 0 Å². The quantitative estimate of drug-likeness (QED) is 0.626. The maximum atomic E-state index is 11.5. The van der Waals surface area contributed by atoms with Gasteiger partial charge in [0.25, 0.3) is 0 Å². The van der Waals surface area contributed by atoms with Crippen molar-refractivity contribution in [2.75, 3.05) is 0 Å². The average Bonchev–Trinajstić information content (AvgIpc) is 2.94. The maximum absolute atomic E-state index is 11.5. The minimum Gasteiger partial charge on any atom is -0.241 e. The standard InChI is InChI=1S/C12H10O4S2/c1-7-3-5-9(17-7)11(13)15-16-12(14)10-6-4-8(2)18-10/h3-6H,1-2H3. The van der Waals surface area contributed by atoms with E-state index in [1.54, 1.807) is 24.3 Å². The number of rotatable bonds is 2. The molecule has 0 bridgehead atoms. The second kappa shape index (κ2) is 5.32. The van der Waals surface area contributed by atoms with E-state index >= 15 is 0 Å². The first kappa shape index (κ1) is 12.8. The smallest absolute Gasteiger partial charge is 0.241 e. The Morgan fingerprint density at radius 2 is 1.22 bits per heavy atom. The lowest BCUT2D eigenvalue weighted by atomic mass is 10.4. The molecule has 0 aliphatic carbocycles. The number of aryl methyl sites for hydroxylation is 2. The molecular weight excluding hydrogens is 272 g/mol. The van der Waals surface area contributed by atoms with Crippen LogP contribution >= 0.6 is 22.7 Å². The molecule has 0 unspecified atom stereocenters. The van der Waals surface area contributed by atoms with Gasteiger partial charge >= 0.3 is 11.9 Å².